The van der Waals surface area contributed by atoms with Crippen LogP contribution in [-0.4, -0.2) is 13.4 Å². The van der Waals surface area contributed by atoms with E-state index < -0.39 is 10.0 Å². The van der Waals surface area contributed by atoms with Gasteiger partial charge in [-0.2, -0.15) is 0 Å². The zero-order chi connectivity index (χ0) is 16.6. The molecule has 0 aliphatic heterocycles. The molecule has 1 unspecified atom stereocenters. The zero-order valence-electron chi connectivity index (χ0n) is 13.8. The molecule has 0 bridgehead atoms. The summed E-state index contributed by atoms with van der Waals surface area (Å²) in [4.78, 5) is 4.54. The van der Waals surface area contributed by atoms with Crippen LogP contribution in [0.1, 0.15) is 47.0 Å². The van der Waals surface area contributed by atoms with Crippen molar-refractivity contribution in [2.24, 2.45) is 0 Å². The standard InChI is InChI=1S/C18H22N2O2S/c1-12-6-4-8-17-16(12)7-5-9-18(17)20-23(21,22)15-10-13(2)19-14(3)11-15/h4,6,8,10-11,18,20H,5,7,9H2,1-3H3. The summed E-state index contributed by atoms with van der Waals surface area (Å²) in [6, 6.07) is 9.22. The minimum atomic E-state index is -3.55. The molecule has 5 heteroatoms. The van der Waals surface area contributed by atoms with Crippen LogP contribution in [0.3, 0.4) is 0 Å². The van der Waals surface area contributed by atoms with E-state index in [0.29, 0.717) is 16.3 Å². The number of hydrogen-bond donors (Lipinski definition) is 1. The SMILES string of the molecule is Cc1cc(S(=O)(=O)NC2CCCc3c(C)cccc32)cc(C)n1. The lowest BCUT2D eigenvalue weighted by Crippen LogP contribution is -2.31. The average molecular weight is 330 g/mol. The number of hydrogen-bond acceptors (Lipinski definition) is 3. The Labute approximate surface area is 138 Å². The molecule has 0 spiro atoms. The van der Waals surface area contributed by atoms with E-state index in [0.717, 1.165) is 24.8 Å². The van der Waals surface area contributed by atoms with Gasteiger partial charge in [-0.3, -0.25) is 4.98 Å². The third kappa shape index (κ3) is 3.31. The van der Waals surface area contributed by atoms with Gasteiger partial charge in [-0.1, -0.05) is 18.2 Å². The first-order chi connectivity index (χ1) is 10.9. The van der Waals surface area contributed by atoms with Gasteiger partial charge in [0.15, 0.2) is 0 Å². The highest BCUT2D eigenvalue weighted by molar-refractivity contribution is 7.89. The van der Waals surface area contributed by atoms with E-state index in [2.05, 4.69) is 22.7 Å². The van der Waals surface area contributed by atoms with E-state index in [1.54, 1.807) is 12.1 Å². The van der Waals surface area contributed by atoms with Crippen LogP contribution >= 0.6 is 0 Å². The Morgan fingerprint density at radius 3 is 2.52 bits per heavy atom. The van der Waals surface area contributed by atoms with Crippen molar-refractivity contribution in [3.63, 3.8) is 0 Å². The first kappa shape index (κ1) is 16.1. The molecule has 0 radical (unpaired) electrons. The predicted octanol–water partition coefficient (Wildman–Crippen LogP) is 3.36. The molecule has 1 heterocycles. The number of rotatable bonds is 3. The summed E-state index contributed by atoms with van der Waals surface area (Å²) >= 11 is 0. The third-order valence-electron chi connectivity index (χ3n) is 4.40. The highest BCUT2D eigenvalue weighted by atomic mass is 32.2. The first-order valence-electron chi connectivity index (χ1n) is 7.93. The van der Waals surface area contributed by atoms with Gasteiger partial charge in [0.05, 0.1) is 4.90 Å². The number of sulfonamides is 1. The zero-order valence-corrected chi connectivity index (χ0v) is 14.6. The molecule has 0 saturated heterocycles. The lowest BCUT2D eigenvalue weighted by Gasteiger charge is -2.27. The molecular weight excluding hydrogens is 308 g/mol. The number of pyridine rings is 1. The fourth-order valence-electron chi connectivity index (χ4n) is 3.36. The van der Waals surface area contributed by atoms with Gasteiger partial charge in [-0.05, 0) is 68.9 Å². The maximum atomic E-state index is 12.8. The smallest absolute Gasteiger partial charge is 0.241 e. The van der Waals surface area contributed by atoms with Crippen molar-refractivity contribution >= 4 is 10.0 Å². The van der Waals surface area contributed by atoms with Crippen LogP contribution in [0.25, 0.3) is 0 Å². The Balaban J connectivity index is 1.95. The highest BCUT2D eigenvalue weighted by Gasteiger charge is 2.26. The van der Waals surface area contributed by atoms with E-state index >= 15 is 0 Å². The van der Waals surface area contributed by atoms with Crippen molar-refractivity contribution in [3.8, 4) is 0 Å². The number of nitrogens with one attached hydrogen (secondary N) is 1. The van der Waals surface area contributed by atoms with Gasteiger partial charge >= 0.3 is 0 Å². The van der Waals surface area contributed by atoms with Crippen molar-refractivity contribution in [1.29, 1.82) is 0 Å². The first-order valence-corrected chi connectivity index (χ1v) is 9.41. The summed E-state index contributed by atoms with van der Waals surface area (Å²) in [6.07, 6.45) is 2.85. The van der Waals surface area contributed by atoms with Crippen LogP contribution < -0.4 is 4.72 Å². The summed E-state index contributed by atoms with van der Waals surface area (Å²) in [5.74, 6) is 0. The number of nitrogens with zero attached hydrogens (tertiary/aromatic N) is 1. The maximum Gasteiger partial charge on any atom is 0.241 e. The summed E-state index contributed by atoms with van der Waals surface area (Å²) in [5.41, 5.74) is 5.06. The summed E-state index contributed by atoms with van der Waals surface area (Å²) < 4.78 is 28.4. The lowest BCUT2D eigenvalue weighted by atomic mass is 9.86. The Bertz CT molecular complexity index is 824. The van der Waals surface area contributed by atoms with Gasteiger partial charge in [0.2, 0.25) is 10.0 Å². The third-order valence-corrected chi connectivity index (χ3v) is 5.86. The minimum absolute atomic E-state index is 0.155. The monoisotopic (exact) mass is 330 g/mol. The van der Waals surface area contributed by atoms with E-state index in [1.807, 2.05) is 26.0 Å². The van der Waals surface area contributed by atoms with Crippen LogP contribution in [0.15, 0.2) is 35.2 Å². The van der Waals surface area contributed by atoms with Gasteiger partial charge < -0.3 is 0 Å². The second-order valence-electron chi connectivity index (χ2n) is 6.29. The van der Waals surface area contributed by atoms with Crippen molar-refractivity contribution in [2.45, 2.75) is 51.0 Å². The number of benzene rings is 1. The fourth-order valence-corrected chi connectivity index (χ4v) is 4.77. The lowest BCUT2D eigenvalue weighted by molar-refractivity contribution is 0.506. The van der Waals surface area contributed by atoms with Gasteiger partial charge in [-0.15, -0.1) is 0 Å². The van der Waals surface area contributed by atoms with Crippen LogP contribution in [0.2, 0.25) is 0 Å². The molecule has 1 N–H and O–H groups in total. The van der Waals surface area contributed by atoms with E-state index in [4.69, 9.17) is 0 Å². The molecule has 122 valence electrons. The summed E-state index contributed by atoms with van der Waals surface area (Å²) in [6.45, 7) is 5.71. The Kier molecular flexibility index (Phi) is 4.25. The molecule has 3 rings (SSSR count). The van der Waals surface area contributed by atoms with Crippen molar-refractivity contribution in [1.82, 2.24) is 9.71 Å². The number of aromatic nitrogens is 1. The molecule has 23 heavy (non-hydrogen) atoms. The second kappa shape index (κ2) is 6.06. The van der Waals surface area contributed by atoms with Crippen LogP contribution in [0.5, 0.6) is 0 Å². The number of aryl methyl sites for hydroxylation is 3. The molecular formula is C18H22N2O2S. The van der Waals surface area contributed by atoms with Crippen LogP contribution in [-0.2, 0) is 16.4 Å². The molecule has 0 amide bonds. The van der Waals surface area contributed by atoms with Crippen LogP contribution in [0, 0.1) is 20.8 Å². The Morgan fingerprint density at radius 1 is 1.13 bits per heavy atom. The fraction of sp³-hybridized carbons (Fsp3) is 0.389. The van der Waals surface area contributed by atoms with Crippen molar-refractivity contribution < 1.29 is 8.42 Å². The maximum absolute atomic E-state index is 12.8. The molecule has 4 nitrogen and oxygen atoms in total. The molecule has 1 atom stereocenters. The molecule has 2 aromatic rings. The summed E-state index contributed by atoms with van der Waals surface area (Å²) in [5, 5.41) is 0. The summed E-state index contributed by atoms with van der Waals surface area (Å²) in [7, 11) is -3.55. The topological polar surface area (TPSA) is 59.1 Å². The van der Waals surface area contributed by atoms with E-state index in [-0.39, 0.29) is 6.04 Å². The van der Waals surface area contributed by atoms with Gasteiger partial charge in [0.25, 0.3) is 0 Å². The molecule has 1 aromatic heterocycles. The average Bonchev–Trinajstić information content (AvgIpc) is 2.47. The van der Waals surface area contributed by atoms with Gasteiger partial charge in [-0.25, -0.2) is 13.1 Å². The second-order valence-corrected chi connectivity index (χ2v) is 8.01. The van der Waals surface area contributed by atoms with Crippen molar-refractivity contribution in [2.75, 3.05) is 0 Å². The van der Waals surface area contributed by atoms with Gasteiger partial charge in [0, 0.05) is 17.4 Å². The largest absolute Gasteiger partial charge is 0.258 e. The van der Waals surface area contributed by atoms with Gasteiger partial charge in [0.1, 0.15) is 0 Å². The van der Waals surface area contributed by atoms with Crippen molar-refractivity contribution in [3.05, 3.63) is 58.4 Å². The molecule has 0 saturated carbocycles. The molecule has 1 aromatic carbocycles. The molecule has 1 aliphatic rings. The minimum Gasteiger partial charge on any atom is -0.258 e. The highest BCUT2D eigenvalue weighted by Crippen LogP contribution is 2.32. The van der Waals surface area contributed by atoms with E-state index in [1.165, 1.54) is 11.1 Å². The predicted molar refractivity (Wildman–Crippen MR) is 90.9 cm³/mol. The molecule has 1 aliphatic carbocycles. The normalized spacial score (nSPS) is 17.8. The Morgan fingerprint density at radius 2 is 1.83 bits per heavy atom. The number of fused-ring (bicyclic) bond motifs is 1. The van der Waals surface area contributed by atoms with E-state index in [9.17, 15) is 8.42 Å². The Hall–Kier alpha value is -1.72. The van der Waals surface area contributed by atoms with Crippen LogP contribution in [0.4, 0.5) is 0 Å². The quantitative estimate of drug-likeness (QED) is 0.939. The molecule has 0 fully saturated rings.